The van der Waals surface area contributed by atoms with Gasteiger partial charge in [0.2, 0.25) is 12.2 Å². The minimum Gasteiger partial charge on any atom is -0.464 e. The van der Waals surface area contributed by atoms with E-state index in [1.807, 2.05) is 0 Å². The van der Waals surface area contributed by atoms with Crippen molar-refractivity contribution in [2.24, 2.45) is 4.99 Å². The Morgan fingerprint density at radius 2 is 2.19 bits per heavy atom. The van der Waals surface area contributed by atoms with E-state index in [1.54, 1.807) is 12.1 Å². The lowest BCUT2D eigenvalue weighted by Gasteiger charge is -2.42. The molecule has 0 radical (unpaired) electrons. The molecule has 0 spiro atoms. The number of carbonyl (C=O) groups is 1. The van der Waals surface area contributed by atoms with Crippen molar-refractivity contribution in [3.8, 4) is 0 Å². The molecule has 1 aromatic rings. The maximum Gasteiger partial charge on any atom is 0.223 e. The number of rotatable bonds is 4. The van der Waals surface area contributed by atoms with E-state index in [0.717, 1.165) is 0 Å². The van der Waals surface area contributed by atoms with Gasteiger partial charge < -0.3 is 30.1 Å². The molecular formula is C16H18BrClN2O6. The zero-order valence-electron chi connectivity index (χ0n) is 13.7. The van der Waals surface area contributed by atoms with Gasteiger partial charge in [0.05, 0.1) is 28.8 Å². The predicted octanol–water partition coefficient (Wildman–Crippen LogP) is -1.20. The molecule has 5 atom stereocenters. The van der Waals surface area contributed by atoms with Gasteiger partial charge in [-0.05, 0) is 28.1 Å². The van der Waals surface area contributed by atoms with Gasteiger partial charge >= 0.3 is 0 Å². The number of hydrogen-bond donors (Lipinski definition) is 4. The highest BCUT2D eigenvalue weighted by atomic mass is 79.9. The first-order valence-electron chi connectivity index (χ1n) is 7.91. The topological polar surface area (TPSA) is 121 Å². The van der Waals surface area contributed by atoms with E-state index in [2.05, 4.69) is 26.2 Å². The van der Waals surface area contributed by atoms with Crippen LogP contribution < -0.4 is 15.9 Å². The molecule has 0 aromatic heterocycles. The lowest BCUT2D eigenvalue weighted by Crippen LogP contribution is -2.64. The fourth-order valence-corrected chi connectivity index (χ4v) is 3.58. The van der Waals surface area contributed by atoms with E-state index in [4.69, 9.17) is 21.1 Å². The first-order chi connectivity index (χ1) is 12.3. The first-order valence-corrected chi connectivity index (χ1v) is 9.08. The lowest BCUT2D eigenvalue weighted by atomic mass is 9.97. The fourth-order valence-electron chi connectivity index (χ4n) is 2.98. The van der Waals surface area contributed by atoms with Crippen LogP contribution in [0.4, 0.5) is 0 Å². The highest BCUT2D eigenvalue weighted by Gasteiger charge is 2.46. The van der Waals surface area contributed by atoms with Crippen molar-refractivity contribution in [1.29, 1.82) is 0 Å². The van der Waals surface area contributed by atoms with E-state index >= 15 is 0 Å². The molecule has 0 aliphatic carbocycles. The smallest absolute Gasteiger partial charge is 0.223 e. The molecule has 0 bridgehead atoms. The van der Waals surface area contributed by atoms with E-state index in [9.17, 15) is 20.1 Å². The average molecular weight is 450 g/mol. The molecule has 142 valence electrons. The zero-order valence-corrected chi connectivity index (χ0v) is 16.1. The molecular weight excluding hydrogens is 432 g/mol. The molecule has 1 amide bonds. The number of fused-ring (bicyclic) bond motifs is 1. The molecule has 26 heavy (non-hydrogen) atoms. The van der Waals surface area contributed by atoms with Crippen LogP contribution in [0.3, 0.4) is 0 Å². The van der Waals surface area contributed by atoms with Crippen LogP contribution in [0.2, 0.25) is 5.02 Å². The van der Waals surface area contributed by atoms with E-state index in [0.29, 0.717) is 25.8 Å². The molecule has 4 N–H and O–H groups in total. The fraction of sp³-hybridized carbons (Fsp3) is 0.500. The van der Waals surface area contributed by atoms with Gasteiger partial charge in [-0.3, -0.25) is 9.79 Å². The first kappa shape index (κ1) is 19.5. The standard InChI is InChI=1S/C16H18BrClN2O6/c1-6(22)20-13-15(24)14(23)10(5-21)26-16(13)25-9-4-19-8-3-2-7(17)12(18)11(8)9/h2-3,10,13-16,21,23-24H,4-5H2,1H3,(H,20,22)/t10-,13+,14+,15+,16-/m1/s1. The van der Waals surface area contributed by atoms with Gasteiger partial charge in [-0.2, -0.15) is 0 Å². The number of aliphatic hydroxyl groups excluding tert-OH is 3. The third-order valence-corrected chi connectivity index (χ3v) is 5.54. The van der Waals surface area contributed by atoms with Crippen LogP contribution in [0, 0.1) is 0 Å². The maximum atomic E-state index is 11.5. The van der Waals surface area contributed by atoms with E-state index < -0.39 is 43.2 Å². The highest BCUT2D eigenvalue weighted by Crippen LogP contribution is 2.25. The predicted molar refractivity (Wildman–Crippen MR) is 94.7 cm³/mol. The summed E-state index contributed by atoms with van der Waals surface area (Å²) in [5.41, 5.74) is 0. The summed E-state index contributed by atoms with van der Waals surface area (Å²) in [4.78, 5) is 15.8. The summed E-state index contributed by atoms with van der Waals surface area (Å²) >= 11 is 9.68. The molecule has 1 aromatic carbocycles. The van der Waals surface area contributed by atoms with Crippen molar-refractivity contribution < 1.29 is 29.6 Å². The van der Waals surface area contributed by atoms with Gasteiger partial charge in [0.1, 0.15) is 30.1 Å². The third-order valence-electron chi connectivity index (χ3n) is 4.25. The van der Waals surface area contributed by atoms with Crippen LogP contribution in [0.1, 0.15) is 6.92 Å². The molecule has 8 nitrogen and oxygen atoms in total. The normalized spacial score (nSPS) is 30.5. The largest absolute Gasteiger partial charge is 0.464 e. The van der Waals surface area contributed by atoms with Crippen molar-refractivity contribution in [3.05, 3.63) is 32.2 Å². The number of hydrogen-bond acceptors (Lipinski definition) is 7. The van der Waals surface area contributed by atoms with Crippen molar-refractivity contribution in [3.63, 3.8) is 0 Å². The van der Waals surface area contributed by atoms with Gasteiger partial charge in [0.15, 0.2) is 0 Å². The number of amides is 1. The molecule has 3 rings (SSSR count). The molecule has 1 fully saturated rings. The molecule has 10 heteroatoms. The number of benzene rings is 1. The summed E-state index contributed by atoms with van der Waals surface area (Å²) in [6.45, 7) is 0.962. The number of ether oxygens (including phenoxy) is 2. The minimum absolute atomic E-state index is 0.209. The number of nitrogens with zero attached hydrogens (tertiary/aromatic N) is 1. The van der Waals surface area contributed by atoms with Crippen LogP contribution in [0.25, 0.3) is 5.76 Å². The van der Waals surface area contributed by atoms with Gasteiger partial charge in [0.25, 0.3) is 0 Å². The van der Waals surface area contributed by atoms with Crippen LogP contribution >= 0.6 is 27.5 Å². The summed E-state index contributed by atoms with van der Waals surface area (Å²) in [6, 6.07) is 2.52. The van der Waals surface area contributed by atoms with Gasteiger partial charge in [-0.15, -0.1) is 0 Å². The maximum absolute atomic E-state index is 11.5. The lowest BCUT2D eigenvalue weighted by molar-refractivity contribution is -0.252. The average Bonchev–Trinajstić information content (AvgIpc) is 3.01. The minimum atomic E-state index is -1.38. The Bertz CT molecular complexity index is 835. The molecule has 2 aliphatic heterocycles. The molecule has 0 saturated carbocycles. The Balaban J connectivity index is 1.96. The Labute approximate surface area is 162 Å². The van der Waals surface area contributed by atoms with Crippen molar-refractivity contribution in [1.82, 2.24) is 5.32 Å². The van der Waals surface area contributed by atoms with Gasteiger partial charge in [-0.25, -0.2) is 0 Å². The van der Waals surface area contributed by atoms with E-state index in [-0.39, 0.29) is 6.54 Å². The Hall–Kier alpha value is -1.23. The van der Waals surface area contributed by atoms with Gasteiger partial charge in [-0.1, -0.05) is 11.6 Å². The van der Waals surface area contributed by atoms with Crippen LogP contribution in [-0.2, 0) is 14.3 Å². The second kappa shape index (κ2) is 7.79. The SMILES string of the molecule is CC(=O)N[C@@H]1[C@H](OC2=c3c(Cl)c(Br)ccc3=NC2)O[C@H](CO)[C@H](O)[C@H]1O. The van der Waals surface area contributed by atoms with Crippen LogP contribution in [0.5, 0.6) is 0 Å². The van der Waals surface area contributed by atoms with Crippen LogP contribution in [0.15, 0.2) is 21.6 Å². The Kier molecular flexibility index (Phi) is 5.85. The van der Waals surface area contributed by atoms with Crippen molar-refractivity contribution in [2.75, 3.05) is 13.2 Å². The second-order valence-corrected chi connectivity index (χ2v) is 7.28. The van der Waals surface area contributed by atoms with Crippen LogP contribution in [-0.4, -0.2) is 65.0 Å². The Morgan fingerprint density at radius 3 is 2.85 bits per heavy atom. The summed E-state index contributed by atoms with van der Waals surface area (Å²) in [5.74, 6) is -0.0184. The molecule has 0 unspecified atom stereocenters. The summed E-state index contributed by atoms with van der Waals surface area (Å²) in [5, 5.41) is 33.9. The molecule has 2 heterocycles. The van der Waals surface area contributed by atoms with Gasteiger partial charge in [0, 0.05) is 11.4 Å². The Morgan fingerprint density at radius 1 is 1.46 bits per heavy atom. The van der Waals surface area contributed by atoms with Crippen molar-refractivity contribution >= 4 is 39.2 Å². The third kappa shape index (κ3) is 3.60. The number of halogens is 2. The number of nitrogens with one attached hydrogen (secondary N) is 1. The number of aliphatic hydroxyl groups is 3. The molecule has 2 aliphatic rings. The summed E-state index contributed by atoms with van der Waals surface area (Å²) < 4.78 is 12.1. The summed E-state index contributed by atoms with van der Waals surface area (Å²) in [6.07, 6.45) is -4.96. The molecule has 1 saturated heterocycles. The number of carbonyl (C=O) groups excluding carboxylic acids is 1. The quantitative estimate of drug-likeness (QED) is 0.458. The zero-order chi connectivity index (χ0) is 19.0. The highest BCUT2D eigenvalue weighted by molar-refractivity contribution is 9.10. The van der Waals surface area contributed by atoms with Crippen molar-refractivity contribution in [2.45, 2.75) is 37.6 Å². The monoisotopic (exact) mass is 448 g/mol. The van der Waals surface area contributed by atoms with E-state index in [1.165, 1.54) is 6.92 Å². The summed E-state index contributed by atoms with van der Waals surface area (Å²) in [7, 11) is 0. The second-order valence-electron chi connectivity index (χ2n) is 6.05.